The number of hydrazone groups is 1. The molecule has 3 rings (SSSR count). The summed E-state index contributed by atoms with van der Waals surface area (Å²) in [4.78, 5) is 25.2. The molecular weight excluding hydrogens is 424 g/mol. The maximum Gasteiger partial charge on any atom is 0.267 e. The van der Waals surface area contributed by atoms with Crippen molar-refractivity contribution in [3.8, 4) is 23.1 Å². The second-order valence-electron chi connectivity index (χ2n) is 6.96. The van der Waals surface area contributed by atoms with Crippen molar-refractivity contribution in [1.29, 1.82) is 0 Å². The summed E-state index contributed by atoms with van der Waals surface area (Å²) in [5.41, 5.74) is 0.380. The van der Waals surface area contributed by atoms with Crippen molar-refractivity contribution >= 4 is 23.8 Å². The van der Waals surface area contributed by atoms with Gasteiger partial charge in [0.25, 0.3) is 5.56 Å². The predicted octanol–water partition coefficient (Wildman–Crippen LogP) is 1.88. The molecule has 2 heterocycles. The molecule has 1 atom stereocenters. The summed E-state index contributed by atoms with van der Waals surface area (Å²) in [6.45, 7) is 1.37. The Balaban J connectivity index is 2.19. The summed E-state index contributed by atoms with van der Waals surface area (Å²) in [6.07, 6.45) is 0.172. The van der Waals surface area contributed by atoms with Crippen LogP contribution in [0.1, 0.15) is 30.5 Å². The molecule has 0 bridgehead atoms. The lowest BCUT2D eigenvalue weighted by Gasteiger charge is -2.24. The molecule has 0 aliphatic carbocycles. The third-order valence-corrected chi connectivity index (χ3v) is 5.80. The summed E-state index contributed by atoms with van der Waals surface area (Å²) in [7, 11) is 7.55. The lowest BCUT2D eigenvalue weighted by Crippen LogP contribution is -2.28. The van der Waals surface area contributed by atoms with Gasteiger partial charge >= 0.3 is 0 Å². The average Bonchev–Trinajstić information content (AvgIpc) is 3.20. The number of ether oxygens (including phenoxy) is 3. The highest BCUT2D eigenvalue weighted by Gasteiger charge is 2.37. The average molecular weight is 449 g/mol. The van der Waals surface area contributed by atoms with Crippen molar-refractivity contribution in [2.24, 2.45) is 19.2 Å². The summed E-state index contributed by atoms with van der Waals surface area (Å²) in [5.74, 6) is 0.585. The van der Waals surface area contributed by atoms with Crippen LogP contribution in [0.25, 0.3) is 0 Å². The number of carbonyl (C=O) groups is 1. The minimum atomic E-state index is -0.583. The van der Waals surface area contributed by atoms with E-state index in [0.29, 0.717) is 22.8 Å². The SMILES string of the molecule is COc1ccc([C@@H]2CC(c3c(O)n(C)c(=S)n(C)c3=O)=NN2C(C)=O)c(OC)c1OC. The van der Waals surface area contributed by atoms with Crippen LogP contribution >= 0.6 is 12.2 Å². The predicted molar refractivity (Wildman–Crippen MR) is 116 cm³/mol. The van der Waals surface area contributed by atoms with Gasteiger partial charge < -0.3 is 19.3 Å². The van der Waals surface area contributed by atoms with Gasteiger partial charge in [-0.1, -0.05) is 0 Å². The van der Waals surface area contributed by atoms with Crippen molar-refractivity contribution < 1.29 is 24.1 Å². The van der Waals surface area contributed by atoms with Crippen LogP contribution in [0.4, 0.5) is 0 Å². The largest absolute Gasteiger partial charge is 0.494 e. The Kier molecular flexibility index (Phi) is 6.07. The monoisotopic (exact) mass is 448 g/mol. The third kappa shape index (κ3) is 3.54. The van der Waals surface area contributed by atoms with Crippen molar-refractivity contribution in [3.05, 3.63) is 38.4 Å². The van der Waals surface area contributed by atoms with E-state index in [2.05, 4.69) is 5.10 Å². The zero-order valence-electron chi connectivity index (χ0n) is 18.1. The van der Waals surface area contributed by atoms with Crippen LogP contribution in [-0.2, 0) is 18.9 Å². The maximum atomic E-state index is 12.9. The highest BCUT2D eigenvalue weighted by molar-refractivity contribution is 7.71. The maximum absolute atomic E-state index is 12.9. The highest BCUT2D eigenvalue weighted by Crippen LogP contribution is 2.46. The fourth-order valence-corrected chi connectivity index (χ4v) is 3.84. The first-order valence-corrected chi connectivity index (χ1v) is 9.74. The second-order valence-corrected chi connectivity index (χ2v) is 7.32. The van der Waals surface area contributed by atoms with Gasteiger partial charge in [0.15, 0.2) is 16.3 Å². The Morgan fingerprint density at radius 2 is 1.77 bits per heavy atom. The number of hydrogen-bond acceptors (Lipinski definition) is 8. The second kappa shape index (κ2) is 8.42. The van der Waals surface area contributed by atoms with E-state index in [1.54, 1.807) is 19.2 Å². The quantitative estimate of drug-likeness (QED) is 0.696. The molecule has 10 nitrogen and oxygen atoms in total. The van der Waals surface area contributed by atoms with Crippen LogP contribution in [0.15, 0.2) is 22.0 Å². The Morgan fingerprint density at radius 3 is 2.32 bits per heavy atom. The molecule has 1 aliphatic rings. The fourth-order valence-electron chi connectivity index (χ4n) is 3.67. The zero-order valence-corrected chi connectivity index (χ0v) is 18.9. The van der Waals surface area contributed by atoms with Crippen LogP contribution in [0, 0.1) is 4.77 Å². The smallest absolute Gasteiger partial charge is 0.267 e. The lowest BCUT2D eigenvalue weighted by atomic mass is 9.97. The Morgan fingerprint density at radius 1 is 1.13 bits per heavy atom. The molecule has 0 fully saturated rings. The van der Waals surface area contributed by atoms with E-state index in [4.69, 9.17) is 26.4 Å². The molecule has 166 valence electrons. The number of aromatic hydroxyl groups is 1. The Labute approximate surface area is 183 Å². The number of rotatable bonds is 5. The Bertz CT molecular complexity index is 1200. The van der Waals surface area contributed by atoms with Crippen LogP contribution in [0.3, 0.4) is 0 Å². The standard InChI is InChI=1S/C20H24N4O6S/c1-10(25)24-13(11-7-8-14(28-4)17(30-6)16(11)29-5)9-12(21-24)15-18(26)22(2)20(31)23(3)19(15)27/h7-8,13,26H,9H2,1-6H3/t13-/m0/s1. The molecule has 1 amide bonds. The zero-order chi connectivity index (χ0) is 23.0. The molecule has 1 aliphatic heterocycles. The van der Waals surface area contributed by atoms with Gasteiger partial charge in [-0.3, -0.25) is 18.7 Å². The number of hydrogen-bond donors (Lipinski definition) is 1. The molecule has 1 N–H and O–H groups in total. The van der Waals surface area contributed by atoms with Crippen molar-refractivity contribution in [2.75, 3.05) is 21.3 Å². The van der Waals surface area contributed by atoms with Gasteiger partial charge in [0, 0.05) is 33.0 Å². The van der Waals surface area contributed by atoms with E-state index in [0.717, 1.165) is 0 Å². The van der Waals surface area contributed by atoms with Gasteiger partial charge in [-0.15, -0.1) is 0 Å². The van der Waals surface area contributed by atoms with Gasteiger partial charge in [0.2, 0.25) is 17.5 Å². The van der Waals surface area contributed by atoms with Crippen molar-refractivity contribution in [3.63, 3.8) is 0 Å². The molecular formula is C20H24N4O6S. The van der Waals surface area contributed by atoms with Crippen molar-refractivity contribution in [2.45, 2.75) is 19.4 Å². The number of carbonyl (C=O) groups excluding carboxylic acids is 1. The van der Waals surface area contributed by atoms with Gasteiger partial charge in [0.1, 0.15) is 5.56 Å². The normalized spacial score (nSPS) is 15.6. The summed E-state index contributed by atoms with van der Waals surface area (Å²) < 4.78 is 19.1. The molecule has 0 saturated heterocycles. The highest BCUT2D eigenvalue weighted by atomic mass is 32.1. The first-order valence-electron chi connectivity index (χ1n) is 9.33. The van der Waals surface area contributed by atoms with E-state index < -0.39 is 11.6 Å². The minimum Gasteiger partial charge on any atom is -0.494 e. The van der Waals surface area contributed by atoms with Crippen LogP contribution < -0.4 is 19.8 Å². The van der Waals surface area contributed by atoms with Crippen LogP contribution in [-0.4, -0.2) is 52.2 Å². The molecule has 2 aromatic rings. The van der Waals surface area contributed by atoms with E-state index in [9.17, 15) is 14.7 Å². The van der Waals surface area contributed by atoms with Crippen molar-refractivity contribution in [1.82, 2.24) is 14.1 Å². The third-order valence-electron chi connectivity index (χ3n) is 5.25. The summed E-state index contributed by atoms with van der Waals surface area (Å²) in [6, 6.07) is 2.87. The number of aromatic nitrogens is 2. The molecule has 11 heteroatoms. The molecule has 0 radical (unpaired) electrons. The lowest BCUT2D eigenvalue weighted by molar-refractivity contribution is -0.130. The molecule has 0 unspecified atom stereocenters. The van der Waals surface area contributed by atoms with E-state index in [1.165, 1.54) is 49.4 Å². The van der Waals surface area contributed by atoms with Gasteiger partial charge in [-0.05, 0) is 24.4 Å². The van der Waals surface area contributed by atoms with E-state index in [-0.39, 0.29) is 34.3 Å². The number of benzene rings is 1. The Hall–Kier alpha value is -3.34. The molecule has 0 saturated carbocycles. The number of amides is 1. The first-order chi connectivity index (χ1) is 14.7. The minimum absolute atomic E-state index is 0.00760. The fraction of sp³-hybridized carbons (Fsp3) is 0.400. The number of nitrogens with zero attached hydrogens (tertiary/aromatic N) is 4. The topological polar surface area (TPSA) is 108 Å². The molecule has 1 aromatic carbocycles. The molecule has 1 aromatic heterocycles. The van der Waals surface area contributed by atoms with Gasteiger partial charge in [0.05, 0.1) is 33.1 Å². The van der Waals surface area contributed by atoms with Crippen LogP contribution in [0.5, 0.6) is 23.1 Å². The van der Waals surface area contributed by atoms with Gasteiger partial charge in [-0.25, -0.2) is 5.01 Å². The van der Waals surface area contributed by atoms with E-state index in [1.807, 2.05) is 0 Å². The van der Waals surface area contributed by atoms with Gasteiger partial charge in [-0.2, -0.15) is 5.10 Å². The first kappa shape index (κ1) is 22.3. The summed E-state index contributed by atoms with van der Waals surface area (Å²) >= 11 is 5.17. The van der Waals surface area contributed by atoms with Crippen LogP contribution in [0.2, 0.25) is 0 Å². The van der Waals surface area contributed by atoms with E-state index >= 15 is 0 Å². The molecule has 31 heavy (non-hydrogen) atoms. The molecule has 0 spiro atoms. The summed E-state index contributed by atoms with van der Waals surface area (Å²) in [5, 5.41) is 16.3. The number of methoxy groups -OCH3 is 3.